The number of nitrogens with one attached hydrogen (secondary N) is 2. The zero-order valence-corrected chi connectivity index (χ0v) is 22.4. The number of para-hydroxylation sites is 1. The van der Waals surface area contributed by atoms with Gasteiger partial charge in [-0.25, -0.2) is 9.89 Å². The van der Waals surface area contributed by atoms with Gasteiger partial charge in [0.1, 0.15) is 11.9 Å². The second-order valence-corrected chi connectivity index (χ2v) is 10.9. The molecule has 5 rings (SSSR count). The molecule has 2 N–H and O–H groups in total. The Balaban J connectivity index is 1.25. The second-order valence-electron chi connectivity index (χ2n) is 9.91. The number of carbonyl (C=O) groups excluding carboxylic acids is 3. The van der Waals surface area contributed by atoms with Crippen LogP contribution in [-0.2, 0) is 20.6 Å². The second kappa shape index (κ2) is 11.8. The Morgan fingerprint density at radius 2 is 1.80 bits per heavy atom. The molecule has 3 amide bonds. The van der Waals surface area contributed by atoms with Crippen LogP contribution in [0.5, 0.6) is 0 Å². The molecule has 40 heavy (non-hydrogen) atoms. The van der Waals surface area contributed by atoms with Crippen LogP contribution in [0.15, 0.2) is 58.5 Å². The standard InChI is InChI=1S/C28H28F3N5O3S/c29-28(30,31)17-7-6-10-19(15-17)33-24(38)16-40-27-35-21-12-5-4-11-20(21)25-34-22(26(39)36(25)27)13-14-23(37)32-18-8-2-1-3-9-18/h4-7,10-12,15,18,22H,1-3,8-9,13-14,16H2,(H,32,37)(H,33,38)/t22-/m1/s1. The molecule has 3 aliphatic rings. The summed E-state index contributed by atoms with van der Waals surface area (Å²) in [6.45, 7) is 0. The first-order valence-electron chi connectivity index (χ1n) is 13.2. The lowest BCUT2D eigenvalue weighted by Crippen LogP contribution is -2.42. The molecule has 12 heteroatoms. The van der Waals surface area contributed by atoms with E-state index in [0.717, 1.165) is 49.6 Å². The zero-order valence-electron chi connectivity index (χ0n) is 21.5. The van der Waals surface area contributed by atoms with Crippen LogP contribution in [0.3, 0.4) is 0 Å². The molecule has 2 aromatic rings. The third kappa shape index (κ3) is 6.38. The van der Waals surface area contributed by atoms with Crippen molar-refractivity contribution in [1.82, 2.24) is 10.2 Å². The van der Waals surface area contributed by atoms with E-state index in [9.17, 15) is 27.6 Å². The SMILES string of the molecule is O=C(CSC1=Nc2ccccc2C2=N[C@H](CCC(=O)NC3CCCCC3)C(=O)N12)Nc1cccc(C(F)(F)F)c1. The number of hydrogen-bond acceptors (Lipinski definition) is 6. The maximum absolute atomic E-state index is 13.4. The van der Waals surface area contributed by atoms with Crippen molar-refractivity contribution in [2.45, 2.75) is 63.2 Å². The van der Waals surface area contributed by atoms with Crippen molar-refractivity contribution in [2.75, 3.05) is 11.1 Å². The lowest BCUT2D eigenvalue weighted by Gasteiger charge is -2.25. The summed E-state index contributed by atoms with van der Waals surface area (Å²) >= 11 is 0.989. The zero-order chi connectivity index (χ0) is 28.3. The molecule has 1 aliphatic carbocycles. The Hall–Kier alpha value is -3.67. The van der Waals surface area contributed by atoms with Crippen molar-refractivity contribution in [3.8, 4) is 0 Å². The van der Waals surface area contributed by atoms with E-state index in [1.807, 2.05) is 6.07 Å². The van der Waals surface area contributed by atoms with Crippen LogP contribution in [0, 0.1) is 0 Å². The van der Waals surface area contributed by atoms with E-state index in [1.54, 1.807) is 18.2 Å². The molecule has 0 bridgehead atoms. The molecule has 210 valence electrons. The van der Waals surface area contributed by atoms with Crippen LogP contribution in [0.4, 0.5) is 24.5 Å². The van der Waals surface area contributed by atoms with E-state index in [4.69, 9.17) is 0 Å². The Morgan fingerprint density at radius 3 is 2.58 bits per heavy atom. The van der Waals surface area contributed by atoms with Crippen molar-refractivity contribution in [3.05, 3.63) is 59.7 Å². The minimum atomic E-state index is -4.53. The predicted molar refractivity (Wildman–Crippen MR) is 147 cm³/mol. The molecular formula is C28H28F3N5O3S. The van der Waals surface area contributed by atoms with Gasteiger partial charge in [0.15, 0.2) is 5.17 Å². The molecule has 1 atom stereocenters. The van der Waals surface area contributed by atoms with Crippen molar-refractivity contribution >= 4 is 51.9 Å². The Morgan fingerprint density at radius 1 is 1.02 bits per heavy atom. The third-order valence-corrected chi connectivity index (χ3v) is 7.91. The minimum absolute atomic E-state index is 0.0161. The highest BCUT2D eigenvalue weighted by Crippen LogP contribution is 2.35. The molecule has 0 unspecified atom stereocenters. The summed E-state index contributed by atoms with van der Waals surface area (Å²) in [7, 11) is 0. The fraction of sp³-hybridized carbons (Fsp3) is 0.393. The van der Waals surface area contributed by atoms with Crippen LogP contribution >= 0.6 is 11.8 Å². The molecule has 2 aromatic carbocycles. The number of rotatable bonds is 7. The predicted octanol–water partition coefficient (Wildman–Crippen LogP) is 5.26. The molecule has 1 saturated carbocycles. The summed E-state index contributed by atoms with van der Waals surface area (Å²) in [4.78, 5) is 49.1. The molecule has 8 nitrogen and oxygen atoms in total. The van der Waals surface area contributed by atoms with Gasteiger partial charge in [0, 0.05) is 23.7 Å². The molecule has 1 fully saturated rings. The number of carbonyl (C=O) groups is 3. The summed E-state index contributed by atoms with van der Waals surface area (Å²) in [5.41, 5.74) is 0.403. The summed E-state index contributed by atoms with van der Waals surface area (Å²) < 4.78 is 39.0. The van der Waals surface area contributed by atoms with E-state index >= 15 is 0 Å². The van der Waals surface area contributed by atoms with Crippen LogP contribution in [0.25, 0.3) is 0 Å². The molecular weight excluding hydrogens is 543 g/mol. The number of amidine groups is 2. The highest BCUT2D eigenvalue weighted by molar-refractivity contribution is 8.14. The van der Waals surface area contributed by atoms with E-state index in [1.165, 1.54) is 23.5 Å². The summed E-state index contributed by atoms with van der Waals surface area (Å²) in [5.74, 6) is -0.761. The van der Waals surface area contributed by atoms with Gasteiger partial charge < -0.3 is 10.6 Å². The Bertz CT molecular complexity index is 1370. The monoisotopic (exact) mass is 571 g/mol. The number of halogens is 3. The molecule has 0 saturated heterocycles. The van der Waals surface area contributed by atoms with Gasteiger partial charge in [0.05, 0.1) is 17.0 Å². The maximum atomic E-state index is 13.4. The number of nitrogens with zero attached hydrogens (tertiary/aromatic N) is 3. The fourth-order valence-corrected chi connectivity index (χ4v) is 5.80. The first-order chi connectivity index (χ1) is 19.2. The number of hydrogen-bond donors (Lipinski definition) is 2. The minimum Gasteiger partial charge on any atom is -0.353 e. The number of aliphatic imine (C=N–C) groups is 2. The van der Waals surface area contributed by atoms with Gasteiger partial charge >= 0.3 is 6.18 Å². The highest BCUT2D eigenvalue weighted by Gasteiger charge is 2.41. The highest BCUT2D eigenvalue weighted by atomic mass is 32.2. The number of alkyl halides is 3. The van der Waals surface area contributed by atoms with Gasteiger partial charge in [-0.15, -0.1) is 0 Å². The maximum Gasteiger partial charge on any atom is 0.416 e. The number of benzene rings is 2. The average molecular weight is 572 g/mol. The van der Waals surface area contributed by atoms with E-state index < -0.39 is 23.7 Å². The first-order valence-corrected chi connectivity index (χ1v) is 14.2. The molecule has 0 spiro atoms. The van der Waals surface area contributed by atoms with Gasteiger partial charge in [-0.1, -0.05) is 49.2 Å². The van der Waals surface area contributed by atoms with Crippen molar-refractivity contribution in [1.29, 1.82) is 0 Å². The van der Waals surface area contributed by atoms with Gasteiger partial charge in [0.25, 0.3) is 5.91 Å². The molecule has 0 radical (unpaired) electrons. The van der Waals surface area contributed by atoms with Crippen LogP contribution in [0.1, 0.15) is 56.1 Å². The Kier molecular flexibility index (Phi) is 8.24. The van der Waals surface area contributed by atoms with E-state index in [0.29, 0.717) is 17.1 Å². The normalized spacial score (nSPS) is 18.9. The largest absolute Gasteiger partial charge is 0.416 e. The summed E-state index contributed by atoms with van der Waals surface area (Å²) in [6.07, 6.45) is 1.22. The third-order valence-electron chi connectivity index (χ3n) is 6.97. The van der Waals surface area contributed by atoms with Gasteiger partial charge in [-0.3, -0.25) is 19.4 Å². The first kappa shape index (κ1) is 27.9. The fourth-order valence-electron chi connectivity index (χ4n) is 5.00. The molecule has 2 heterocycles. The Labute approximate surface area is 233 Å². The lowest BCUT2D eigenvalue weighted by molar-refractivity contribution is -0.137. The number of amides is 3. The van der Waals surface area contributed by atoms with Gasteiger partial charge in [0.2, 0.25) is 11.8 Å². The smallest absolute Gasteiger partial charge is 0.353 e. The topological polar surface area (TPSA) is 103 Å². The molecule has 2 aliphatic heterocycles. The molecule has 0 aromatic heterocycles. The van der Waals surface area contributed by atoms with Crippen LogP contribution < -0.4 is 10.6 Å². The summed E-state index contributed by atoms with van der Waals surface area (Å²) in [5, 5.41) is 5.77. The van der Waals surface area contributed by atoms with Crippen molar-refractivity contribution in [2.24, 2.45) is 9.98 Å². The quantitative estimate of drug-likeness (QED) is 0.473. The van der Waals surface area contributed by atoms with Gasteiger partial charge in [-0.2, -0.15) is 13.2 Å². The van der Waals surface area contributed by atoms with E-state index in [-0.39, 0.29) is 47.3 Å². The van der Waals surface area contributed by atoms with Crippen LogP contribution in [-0.4, -0.2) is 51.5 Å². The summed E-state index contributed by atoms with van der Waals surface area (Å²) in [6, 6.07) is 11.0. The average Bonchev–Trinajstić information content (AvgIpc) is 3.27. The van der Waals surface area contributed by atoms with Crippen molar-refractivity contribution < 1.29 is 27.6 Å². The number of thioether (sulfide) groups is 1. The van der Waals surface area contributed by atoms with Gasteiger partial charge in [-0.05, 0) is 49.6 Å². The number of fused-ring (bicyclic) bond motifs is 3. The number of anilines is 1. The van der Waals surface area contributed by atoms with Crippen LogP contribution in [0.2, 0.25) is 0 Å². The lowest BCUT2D eigenvalue weighted by atomic mass is 9.95. The van der Waals surface area contributed by atoms with Crippen molar-refractivity contribution in [3.63, 3.8) is 0 Å². The van der Waals surface area contributed by atoms with E-state index in [2.05, 4.69) is 20.6 Å².